The molecule has 10 heteroatoms. The molecule has 2 saturated heterocycles. The molecule has 186 valence electrons. The van der Waals surface area contributed by atoms with Gasteiger partial charge in [0.15, 0.2) is 5.65 Å². The molecular weight excluding hydrogens is 464 g/mol. The van der Waals surface area contributed by atoms with Crippen molar-refractivity contribution < 1.29 is 14.3 Å². The molecule has 0 spiro atoms. The number of likely N-dealkylation sites (tertiary alicyclic amines) is 1. The Kier molecular flexibility index (Phi) is 6.03. The van der Waals surface area contributed by atoms with Crippen molar-refractivity contribution in [2.24, 2.45) is 18.9 Å². The smallest absolute Gasteiger partial charge is 0.410 e. The average molecular weight is 497 g/mol. The van der Waals surface area contributed by atoms with Gasteiger partial charge in [-0.25, -0.2) is 14.8 Å². The zero-order valence-electron chi connectivity index (χ0n) is 21.1. The van der Waals surface area contributed by atoms with Crippen LogP contribution in [0.1, 0.15) is 20.8 Å². The van der Waals surface area contributed by atoms with Crippen molar-refractivity contribution in [2.45, 2.75) is 31.3 Å². The van der Waals surface area contributed by atoms with E-state index in [4.69, 9.17) is 19.4 Å². The van der Waals surface area contributed by atoms with Crippen molar-refractivity contribution in [3.63, 3.8) is 0 Å². The molecule has 2 unspecified atom stereocenters. The first kappa shape index (κ1) is 23.7. The Morgan fingerprint density at radius 2 is 1.83 bits per heavy atom. The molecule has 9 nitrogen and oxygen atoms in total. The molecule has 0 radical (unpaired) electrons. The molecule has 1 aromatic carbocycles. The number of hydrogen-bond acceptors (Lipinski definition) is 8. The van der Waals surface area contributed by atoms with Gasteiger partial charge in [-0.15, -0.1) is 11.8 Å². The first-order valence-corrected chi connectivity index (χ1v) is 13.0. The van der Waals surface area contributed by atoms with Crippen LogP contribution < -0.4 is 9.64 Å². The Bertz CT molecular complexity index is 1260. The van der Waals surface area contributed by atoms with E-state index in [9.17, 15) is 4.79 Å². The fourth-order valence-electron chi connectivity index (χ4n) is 4.95. The van der Waals surface area contributed by atoms with Gasteiger partial charge in [-0.05, 0) is 45.2 Å². The highest BCUT2D eigenvalue weighted by Crippen LogP contribution is 2.37. The van der Waals surface area contributed by atoms with Gasteiger partial charge >= 0.3 is 6.09 Å². The minimum Gasteiger partial charge on any atom is -0.496 e. The summed E-state index contributed by atoms with van der Waals surface area (Å²) in [6.45, 7) is 8.73. The van der Waals surface area contributed by atoms with Crippen LogP contribution in [0.25, 0.3) is 22.4 Å². The van der Waals surface area contributed by atoms with Crippen LogP contribution in [-0.2, 0) is 11.8 Å². The van der Waals surface area contributed by atoms with E-state index in [1.165, 1.54) is 0 Å². The average Bonchev–Trinajstić information content (AvgIpc) is 3.50. The molecule has 2 aliphatic heterocycles. The monoisotopic (exact) mass is 496 g/mol. The van der Waals surface area contributed by atoms with Crippen LogP contribution in [0.2, 0.25) is 0 Å². The van der Waals surface area contributed by atoms with Crippen molar-refractivity contribution in [3.05, 3.63) is 24.5 Å². The van der Waals surface area contributed by atoms with Gasteiger partial charge in [0.1, 0.15) is 22.6 Å². The van der Waals surface area contributed by atoms with Gasteiger partial charge in [0, 0.05) is 55.5 Å². The number of methoxy groups -OCH3 is 1. The number of nitrogens with zero attached hydrogens (tertiary/aromatic N) is 6. The second-order valence-electron chi connectivity index (χ2n) is 10.3. The first-order valence-electron chi connectivity index (χ1n) is 11.8. The Hall–Kier alpha value is -3.01. The third-order valence-electron chi connectivity index (χ3n) is 6.63. The molecule has 4 heterocycles. The summed E-state index contributed by atoms with van der Waals surface area (Å²) in [6, 6.07) is 6.10. The minimum absolute atomic E-state index is 0.225. The van der Waals surface area contributed by atoms with Gasteiger partial charge in [0.25, 0.3) is 0 Å². The second-order valence-corrected chi connectivity index (χ2v) is 11.1. The van der Waals surface area contributed by atoms with Crippen LogP contribution in [0.15, 0.2) is 29.4 Å². The quantitative estimate of drug-likeness (QED) is 0.500. The number of anilines is 1. The van der Waals surface area contributed by atoms with E-state index in [1.54, 1.807) is 25.2 Å². The van der Waals surface area contributed by atoms with E-state index >= 15 is 0 Å². The first-order chi connectivity index (χ1) is 16.7. The molecule has 2 fully saturated rings. The second kappa shape index (κ2) is 8.89. The van der Waals surface area contributed by atoms with Crippen molar-refractivity contribution in [1.82, 2.24) is 24.4 Å². The summed E-state index contributed by atoms with van der Waals surface area (Å²) >= 11 is 1.64. The lowest BCUT2D eigenvalue weighted by Crippen LogP contribution is -2.37. The Balaban J connectivity index is 1.42. The lowest BCUT2D eigenvalue weighted by Gasteiger charge is -2.26. The zero-order valence-corrected chi connectivity index (χ0v) is 21.9. The van der Waals surface area contributed by atoms with E-state index in [0.29, 0.717) is 30.9 Å². The number of benzene rings is 1. The fraction of sp³-hybridized carbons (Fsp3) is 0.520. The summed E-state index contributed by atoms with van der Waals surface area (Å²) in [6.07, 6.45) is 3.59. The number of amides is 1. The van der Waals surface area contributed by atoms with Crippen LogP contribution >= 0.6 is 11.8 Å². The van der Waals surface area contributed by atoms with Gasteiger partial charge in [0.2, 0.25) is 5.95 Å². The predicted molar refractivity (Wildman–Crippen MR) is 137 cm³/mol. The summed E-state index contributed by atoms with van der Waals surface area (Å²) in [5, 5.41) is 0. The standard InChI is InChI=1S/C25H32N6O3S/c1-25(2,3)34-24(32)31-12-16-10-30(11-17(16)13-31)23-27-20(21-22(28-23)29(4)14-26-21)15-7-8-18(33-5)19(9-15)35-6/h7-9,14,16-17H,10-13H2,1-6H3. The Morgan fingerprint density at radius 3 is 2.46 bits per heavy atom. The number of thioether (sulfide) groups is 1. The summed E-state index contributed by atoms with van der Waals surface area (Å²) in [4.78, 5) is 32.2. The van der Waals surface area contributed by atoms with Gasteiger partial charge in [-0.1, -0.05) is 0 Å². The van der Waals surface area contributed by atoms with Crippen molar-refractivity contribution >= 4 is 35.0 Å². The third-order valence-corrected chi connectivity index (χ3v) is 7.38. The molecule has 35 heavy (non-hydrogen) atoms. The molecule has 2 atom stereocenters. The summed E-state index contributed by atoms with van der Waals surface area (Å²) in [5.74, 6) is 2.30. The summed E-state index contributed by atoms with van der Waals surface area (Å²) < 4.78 is 13.0. The highest BCUT2D eigenvalue weighted by molar-refractivity contribution is 7.98. The molecule has 2 aromatic heterocycles. The molecule has 1 amide bonds. The van der Waals surface area contributed by atoms with E-state index in [2.05, 4.69) is 16.0 Å². The van der Waals surface area contributed by atoms with Crippen molar-refractivity contribution in [2.75, 3.05) is 44.4 Å². The molecule has 0 aliphatic carbocycles. The highest BCUT2D eigenvalue weighted by Gasteiger charge is 2.43. The maximum atomic E-state index is 12.5. The van der Waals surface area contributed by atoms with Crippen LogP contribution in [0.5, 0.6) is 5.75 Å². The van der Waals surface area contributed by atoms with Crippen LogP contribution in [-0.4, -0.2) is 75.7 Å². The highest BCUT2D eigenvalue weighted by atomic mass is 32.2. The van der Waals surface area contributed by atoms with Gasteiger partial charge in [-0.2, -0.15) is 4.98 Å². The van der Waals surface area contributed by atoms with Crippen LogP contribution in [0.4, 0.5) is 10.7 Å². The predicted octanol–water partition coefficient (Wildman–Crippen LogP) is 4.06. The van der Waals surface area contributed by atoms with Gasteiger partial charge in [-0.3, -0.25) is 0 Å². The number of carbonyl (C=O) groups excluding carboxylic acids is 1. The Morgan fingerprint density at radius 1 is 1.11 bits per heavy atom. The molecule has 0 bridgehead atoms. The number of fused-ring (bicyclic) bond motifs is 2. The number of carbonyl (C=O) groups is 1. The molecule has 5 rings (SSSR count). The molecule has 0 N–H and O–H groups in total. The number of ether oxygens (including phenoxy) is 2. The molecule has 2 aliphatic rings. The summed E-state index contributed by atoms with van der Waals surface area (Å²) in [5.41, 5.74) is 2.90. The lowest BCUT2D eigenvalue weighted by atomic mass is 10.0. The fourth-order valence-corrected chi connectivity index (χ4v) is 5.55. The van der Waals surface area contributed by atoms with Crippen molar-refractivity contribution in [1.29, 1.82) is 0 Å². The lowest BCUT2D eigenvalue weighted by molar-refractivity contribution is 0.0282. The number of rotatable bonds is 4. The van der Waals surface area contributed by atoms with Gasteiger partial charge < -0.3 is 23.8 Å². The maximum Gasteiger partial charge on any atom is 0.410 e. The Labute approximate surface area is 209 Å². The largest absolute Gasteiger partial charge is 0.496 e. The number of hydrogen-bond donors (Lipinski definition) is 0. The van der Waals surface area contributed by atoms with E-state index < -0.39 is 5.60 Å². The normalized spacial score (nSPS) is 19.9. The molecular formula is C25H32N6O3S. The number of aromatic nitrogens is 4. The van der Waals surface area contributed by atoms with Crippen molar-refractivity contribution in [3.8, 4) is 17.0 Å². The van der Waals surface area contributed by atoms with E-state index in [1.807, 2.05) is 55.7 Å². The van der Waals surface area contributed by atoms with Crippen LogP contribution in [0.3, 0.4) is 0 Å². The molecule has 3 aromatic rings. The molecule has 0 saturated carbocycles. The van der Waals surface area contributed by atoms with E-state index in [0.717, 1.165) is 46.2 Å². The topological polar surface area (TPSA) is 85.6 Å². The number of imidazole rings is 1. The maximum absolute atomic E-state index is 12.5. The van der Waals surface area contributed by atoms with E-state index in [-0.39, 0.29) is 6.09 Å². The minimum atomic E-state index is -0.485. The zero-order chi connectivity index (χ0) is 24.9. The van der Waals surface area contributed by atoms with Gasteiger partial charge in [0.05, 0.1) is 13.4 Å². The number of aryl methyl sites for hydroxylation is 1. The SMILES string of the molecule is COc1ccc(-c2nc(N3CC4CN(C(=O)OC(C)(C)C)CC4C3)nc3c2ncn3C)cc1SC. The third kappa shape index (κ3) is 4.51. The van der Waals surface area contributed by atoms with Crippen LogP contribution in [0, 0.1) is 11.8 Å². The summed E-state index contributed by atoms with van der Waals surface area (Å²) in [7, 11) is 3.64.